The highest BCUT2D eigenvalue weighted by atomic mass is 16.6. The van der Waals surface area contributed by atoms with E-state index in [4.69, 9.17) is 5.26 Å². The number of H-pyrrole nitrogens is 1. The van der Waals surface area contributed by atoms with E-state index in [1.165, 1.54) is 18.5 Å². The van der Waals surface area contributed by atoms with Gasteiger partial charge >= 0.3 is 5.69 Å². The number of rotatable bonds is 4. The summed E-state index contributed by atoms with van der Waals surface area (Å²) in [4.78, 5) is 17.9. The van der Waals surface area contributed by atoms with Crippen LogP contribution >= 0.6 is 0 Å². The number of pyridine rings is 1. The Bertz CT molecular complexity index is 632. The zero-order valence-electron chi connectivity index (χ0n) is 9.86. The fourth-order valence-electron chi connectivity index (χ4n) is 1.48. The van der Waals surface area contributed by atoms with Gasteiger partial charge in [-0.05, 0) is 13.0 Å². The minimum Gasteiger partial charge on any atom is -0.360 e. The standard InChI is InChI=1S/C10H9N7O2/c1-6(10-12-5-13-16-10)14-9-3-2-8(17(18)19)7(4-11)15-9/h2-3,5-6H,1H3,(H,14,15)(H,12,13,16). The van der Waals surface area contributed by atoms with Crippen molar-refractivity contribution in [2.24, 2.45) is 0 Å². The van der Waals surface area contributed by atoms with Crippen molar-refractivity contribution in [1.29, 1.82) is 5.26 Å². The van der Waals surface area contributed by atoms with Crippen LogP contribution in [-0.2, 0) is 0 Å². The topological polar surface area (TPSA) is 133 Å². The summed E-state index contributed by atoms with van der Waals surface area (Å²) in [7, 11) is 0. The molecule has 2 heterocycles. The number of aromatic amines is 1. The molecule has 2 rings (SSSR count). The van der Waals surface area contributed by atoms with Gasteiger partial charge in [-0.3, -0.25) is 15.2 Å². The molecule has 1 atom stereocenters. The maximum absolute atomic E-state index is 10.7. The fraction of sp³-hybridized carbons (Fsp3) is 0.200. The number of hydrogen-bond donors (Lipinski definition) is 2. The van der Waals surface area contributed by atoms with Crippen LogP contribution in [0.3, 0.4) is 0 Å². The first kappa shape index (κ1) is 12.4. The van der Waals surface area contributed by atoms with Crippen molar-refractivity contribution in [1.82, 2.24) is 20.2 Å². The number of nitrogens with one attached hydrogen (secondary N) is 2. The molecule has 2 aromatic rings. The molecule has 0 aliphatic heterocycles. The molecule has 0 saturated heterocycles. The molecule has 0 saturated carbocycles. The molecule has 96 valence electrons. The highest BCUT2D eigenvalue weighted by Crippen LogP contribution is 2.20. The van der Waals surface area contributed by atoms with Crippen LogP contribution in [-0.4, -0.2) is 25.1 Å². The molecular formula is C10H9N7O2. The first-order valence-corrected chi connectivity index (χ1v) is 5.29. The van der Waals surface area contributed by atoms with Crippen LogP contribution in [0.5, 0.6) is 0 Å². The molecule has 2 N–H and O–H groups in total. The van der Waals surface area contributed by atoms with E-state index in [1.54, 1.807) is 6.07 Å². The van der Waals surface area contributed by atoms with Gasteiger partial charge in [0.2, 0.25) is 5.69 Å². The molecule has 9 nitrogen and oxygen atoms in total. The van der Waals surface area contributed by atoms with E-state index in [1.807, 2.05) is 6.92 Å². The van der Waals surface area contributed by atoms with Gasteiger partial charge in [0, 0.05) is 6.07 Å². The Kier molecular flexibility index (Phi) is 3.33. The lowest BCUT2D eigenvalue weighted by atomic mass is 10.3. The summed E-state index contributed by atoms with van der Waals surface area (Å²) in [5.41, 5.74) is -0.555. The SMILES string of the molecule is CC(Nc1ccc([N+](=O)[O-])c(C#N)n1)c1ncn[nH]1. The lowest BCUT2D eigenvalue weighted by molar-refractivity contribution is -0.385. The van der Waals surface area contributed by atoms with Crippen LogP contribution in [0.25, 0.3) is 0 Å². The molecule has 0 spiro atoms. The van der Waals surface area contributed by atoms with Gasteiger partial charge in [0.15, 0.2) is 0 Å². The lowest BCUT2D eigenvalue weighted by Crippen LogP contribution is -2.10. The summed E-state index contributed by atoms with van der Waals surface area (Å²) < 4.78 is 0. The monoisotopic (exact) mass is 259 g/mol. The third kappa shape index (κ3) is 2.63. The number of nitro groups is 1. The molecule has 0 fully saturated rings. The van der Waals surface area contributed by atoms with E-state index in [9.17, 15) is 10.1 Å². The van der Waals surface area contributed by atoms with Crippen LogP contribution in [0.2, 0.25) is 0 Å². The predicted octanol–water partition coefficient (Wildman–Crippen LogP) is 1.15. The van der Waals surface area contributed by atoms with E-state index >= 15 is 0 Å². The summed E-state index contributed by atoms with van der Waals surface area (Å²) in [5.74, 6) is 0.949. The summed E-state index contributed by atoms with van der Waals surface area (Å²) in [5, 5.41) is 28.9. The minimum atomic E-state index is -0.644. The molecule has 9 heteroatoms. The van der Waals surface area contributed by atoms with Gasteiger partial charge in [0.05, 0.1) is 11.0 Å². The summed E-state index contributed by atoms with van der Waals surface area (Å²) in [6.45, 7) is 1.82. The van der Waals surface area contributed by atoms with Crippen LogP contribution in [0.15, 0.2) is 18.5 Å². The molecule has 0 amide bonds. The summed E-state index contributed by atoms with van der Waals surface area (Å²) in [6, 6.07) is 4.15. The highest BCUT2D eigenvalue weighted by molar-refractivity contribution is 5.50. The predicted molar refractivity (Wildman–Crippen MR) is 64.0 cm³/mol. The fourth-order valence-corrected chi connectivity index (χ4v) is 1.48. The van der Waals surface area contributed by atoms with Gasteiger partial charge in [-0.1, -0.05) is 0 Å². The third-order valence-corrected chi connectivity index (χ3v) is 2.38. The van der Waals surface area contributed by atoms with Crippen LogP contribution in [0.1, 0.15) is 24.5 Å². The third-order valence-electron chi connectivity index (χ3n) is 2.38. The zero-order valence-corrected chi connectivity index (χ0v) is 9.86. The van der Waals surface area contributed by atoms with Crippen molar-refractivity contribution in [2.75, 3.05) is 5.32 Å². The second kappa shape index (κ2) is 5.09. The van der Waals surface area contributed by atoms with Gasteiger partial charge in [-0.25, -0.2) is 9.97 Å². The summed E-state index contributed by atoms with van der Waals surface area (Å²) in [6.07, 6.45) is 1.37. The van der Waals surface area contributed by atoms with Gasteiger partial charge in [-0.2, -0.15) is 10.4 Å². The maximum atomic E-state index is 10.7. The molecule has 19 heavy (non-hydrogen) atoms. The quantitative estimate of drug-likeness (QED) is 0.621. The Hall–Kier alpha value is -3.02. The van der Waals surface area contributed by atoms with E-state index in [-0.39, 0.29) is 17.4 Å². The van der Waals surface area contributed by atoms with Gasteiger partial charge < -0.3 is 5.32 Å². The van der Waals surface area contributed by atoms with Crippen molar-refractivity contribution < 1.29 is 4.92 Å². The van der Waals surface area contributed by atoms with E-state index < -0.39 is 4.92 Å². The largest absolute Gasteiger partial charge is 0.360 e. The van der Waals surface area contributed by atoms with Gasteiger partial charge in [0.1, 0.15) is 24.0 Å². The zero-order chi connectivity index (χ0) is 13.8. The average Bonchev–Trinajstić information content (AvgIpc) is 2.92. The van der Waals surface area contributed by atoms with E-state index in [0.29, 0.717) is 11.6 Å². The van der Waals surface area contributed by atoms with Gasteiger partial charge in [-0.15, -0.1) is 0 Å². The Morgan fingerprint density at radius 2 is 2.37 bits per heavy atom. The summed E-state index contributed by atoms with van der Waals surface area (Å²) >= 11 is 0. The molecular weight excluding hydrogens is 250 g/mol. The number of anilines is 1. The minimum absolute atomic E-state index is 0.219. The first-order valence-electron chi connectivity index (χ1n) is 5.29. The second-order valence-electron chi connectivity index (χ2n) is 3.67. The van der Waals surface area contributed by atoms with Crippen molar-refractivity contribution in [2.45, 2.75) is 13.0 Å². The number of nitrogens with zero attached hydrogens (tertiary/aromatic N) is 5. The Morgan fingerprint density at radius 3 is 2.95 bits per heavy atom. The molecule has 0 aromatic carbocycles. The molecule has 0 radical (unpaired) electrons. The van der Waals surface area contributed by atoms with E-state index in [2.05, 4.69) is 25.5 Å². The van der Waals surface area contributed by atoms with Crippen LogP contribution < -0.4 is 5.32 Å². The van der Waals surface area contributed by atoms with Gasteiger partial charge in [0.25, 0.3) is 0 Å². The lowest BCUT2D eigenvalue weighted by Gasteiger charge is -2.11. The first-order chi connectivity index (χ1) is 9.11. The average molecular weight is 259 g/mol. The Balaban J connectivity index is 2.23. The molecule has 0 bridgehead atoms. The molecule has 1 unspecified atom stereocenters. The smallest absolute Gasteiger partial charge is 0.305 e. The van der Waals surface area contributed by atoms with Crippen molar-refractivity contribution in [3.63, 3.8) is 0 Å². The Labute approximate surface area is 107 Å². The number of hydrogen-bond acceptors (Lipinski definition) is 7. The second-order valence-corrected chi connectivity index (χ2v) is 3.67. The highest BCUT2D eigenvalue weighted by Gasteiger charge is 2.17. The van der Waals surface area contributed by atoms with Crippen molar-refractivity contribution in [3.8, 4) is 6.07 Å². The molecule has 0 aliphatic carbocycles. The normalized spacial score (nSPS) is 11.6. The number of nitriles is 1. The Morgan fingerprint density at radius 1 is 1.58 bits per heavy atom. The van der Waals surface area contributed by atoms with Crippen LogP contribution in [0.4, 0.5) is 11.5 Å². The van der Waals surface area contributed by atoms with Crippen LogP contribution in [0, 0.1) is 21.4 Å². The molecule has 0 aliphatic rings. The van der Waals surface area contributed by atoms with Crippen molar-refractivity contribution >= 4 is 11.5 Å². The van der Waals surface area contributed by atoms with Crippen molar-refractivity contribution in [3.05, 3.63) is 40.1 Å². The molecule has 2 aromatic heterocycles. The van der Waals surface area contributed by atoms with E-state index in [0.717, 1.165) is 0 Å². The number of aromatic nitrogens is 4. The maximum Gasteiger partial charge on any atom is 0.305 e.